The van der Waals surface area contributed by atoms with Crippen LogP contribution in [-0.2, 0) is 9.59 Å². The van der Waals surface area contributed by atoms with Crippen LogP contribution in [0.1, 0.15) is 84.5 Å². The highest BCUT2D eigenvalue weighted by molar-refractivity contribution is 5.79. The zero-order valence-electron chi connectivity index (χ0n) is 17.3. The van der Waals surface area contributed by atoms with Gasteiger partial charge in [0.15, 0.2) is 0 Å². The van der Waals surface area contributed by atoms with Crippen molar-refractivity contribution < 1.29 is 30.0 Å². The average molecular weight is 402 g/mol. The first-order chi connectivity index (χ1) is 13.1. The topological polar surface area (TPSA) is 141 Å². The third kappa shape index (κ3) is 10.9. The number of carbonyl (C=O) groups excluding carboxylic acids is 1. The van der Waals surface area contributed by atoms with E-state index in [-0.39, 0.29) is 0 Å². The molecule has 0 aliphatic carbocycles. The van der Waals surface area contributed by atoms with Gasteiger partial charge < -0.3 is 26.2 Å². The van der Waals surface area contributed by atoms with Gasteiger partial charge in [-0.25, -0.2) is 0 Å². The number of carboxylic acids is 1. The molecule has 1 unspecified atom stereocenters. The number of carboxylic acid groups (broad SMARTS) is 1. The standard InChI is InChI=1S/C21H39NO6/c1-3-4-5-10-13-16(23)14-11-8-6-7-9-12-15-17(24)18(25)19(26)21(2,22)20(27)28/h12,15,17-19,24-26H,3-11,13-14,22H2,1-2H3,(H,27,28)/b15-12+/t17-,18+,19-,21?/m0/s1. The number of aliphatic carboxylic acids is 1. The number of aliphatic hydroxyl groups is 3. The maximum absolute atomic E-state index is 11.7. The summed E-state index contributed by atoms with van der Waals surface area (Å²) in [6.07, 6.45) is 8.38. The first-order valence-corrected chi connectivity index (χ1v) is 10.4. The van der Waals surface area contributed by atoms with Crippen LogP contribution >= 0.6 is 0 Å². The van der Waals surface area contributed by atoms with Crippen molar-refractivity contribution in [3.8, 4) is 0 Å². The van der Waals surface area contributed by atoms with Gasteiger partial charge in [-0.1, -0.05) is 51.2 Å². The molecule has 0 aliphatic rings. The van der Waals surface area contributed by atoms with E-state index in [0.717, 1.165) is 45.4 Å². The minimum absolute atomic E-state index is 0.347. The Balaban J connectivity index is 3.89. The fourth-order valence-corrected chi connectivity index (χ4v) is 2.83. The Hall–Kier alpha value is -1.28. The molecule has 4 atom stereocenters. The summed E-state index contributed by atoms with van der Waals surface area (Å²) in [4.78, 5) is 22.7. The SMILES string of the molecule is CCCCCCC(=O)CCCCCC/C=C/[C@H](O)[C@@H](O)[C@H](O)C(C)(N)C(=O)O. The molecule has 0 saturated carbocycles. The Kier molecular flexibility index (Phi) is 14.0. The predicted octanol–water partition coefficient (Wildman–Crippen LogP) is 2.31. The summed E-state index contributed by atoms with van der Waals surface area (Å²) in [5.74, 6) is -1.12. The summed E-state index contributed by atoms with van der Waals surface area (Å²) in [6, 6.07) is 0. The molecule has 0 bridgehead atoms. The smallest absolute Gasteiger partial charge is 0.326 e. The summed E-state index contributed by atoms with van der Waals surface area (Å²) in [5.41, 5.74) is 3.40. The monoisotopic (exact) mass is 401 g/mol. The van der Waals surface area contributed by atoms with E-state index in [0.29, 0.717) is 25.0 Å². The molecule has 0 aromatic rings. The van der Waals surface area contributed by atoms with E-state index in [4.69, 9.17) is 10.8 Å². The van der Waals surface area contributed by atoms with Crippen LogP contribution < -0.4 is 5.73 Å². The lowest BCUT2D eigenvalue weighted by molar-refractivity contribution is -0.153. The zero-order chi connectivity index (χ0) is 21.6. The third-order valence-electron chi connectivity index (χ3n) is 4.97. The van der Waals surface area contributed by atoms with E-state index < -0.39 is 29.8 Å². The van der Waals surface area contributed by atoms with E-state index in [1.54, 1.807) is 6.08 Å². The van der Waals surface area contributed by atoms with Crippen LogP contribution in [0, 0.1) is 0 Å². The van der Waals surface area contributed by atoms with Gasteiger partial charge in [0.25, 0.3) is 0 Å². The van der Waals surface area contributed by atoms with Crippen molar-refractivity contribution in [1.82, 2.24) is 0 Å². The fraction of sp³-hybridized carbons (Fsp3) is 0.810. The molecule has 6 N–H and O–H groups in total. The zero-order valence-corrected chi connectivity index (χ0v) is 17.3. The molecular formula is C21H39NO6. The minimum Gasteiger partial charge on any atom is -0.480 e. The highest BCUT2D eigenvalue weighted by atomic mass is 16.4. The van der Waals surface area contributed by atoms with Crippen molar-refractivity contribution in [3.05, 3.63) is 12.2 Å². The number of Topliss-reactive ketones (excluding diaryl/α,β-unsaturated/α-hetero) is 1. The maximum Gasteiger partial charge on any atom is 0.326 e. The van der Waals surface area contributed by atoms with E-state index >= 15 is 0 Å². The highest BCUT2D eigenvalue weighted by Gasteiger charge is 2.42. The molecule has 0 saturated heterocycles. The number of allylic oxidation sites excluding steroid dienone is 1. The molecule has 0 radical (unpaired) electrons. The summed E-state index contributed by atoms with van der Waals surface area (Å²) in [7, 11) is 0. The molecule has 7 heteroatoms. The van der Waals surface area contributed by atoms with Crippen LogP contribution in [0.3, 0.4) is 0 Å². The second-order valence-corrected chi connectivity index (χ2v) is 7.74. The molecule has 0 aliphatic heterocycles. The van der Waals surface area contributed by atoms with E-state index in [2.05, 4.69) is 6.92 Å². The van der Waals surface area contributed by atoms with Gasteiger partial charge in [0.1, 0.15) is 29.6 Å². The number of rotatable bonds is 17. The summed E-state index contributed by atoms with van der Waals surface area (Å²) >= 11 is 0. The Labute approximate surface area is 168 Å². The van der Waals surface area contributed by atoms with Crippen molar-refractivity contribution >= 4 is 11.8 Å². The van der Waals surface area contributed by atoms with E-state index in [1.807, 2.05) is 0 Å². The summed E-state index contributed by atoms with van der Waals surface area (Å²) < 4.78 is 0. The van der Waals surface area contributed by atoms with Gasteiger partial charge in [-0.2, -0.15) is 0 Å². The van der Waals surface area contributed by atoms with Crippen molar-refractivity contribution in [2.24, 2.45) is 5.73 Å². The lowest BCUT2D eigenvalue weighted by Gasteiger charge is -2.31. The largest absolute Gasteiger partial charge is 0.480 e. The maximum atomic E-state index is 11.7. The number of nitrogens with two attached hydrogens (primary N) is 1. The number of unbranched alkanes of at least 4 members (excludes halogenated alkanes) is 7. The quantitative estimate of drug-likeness (QED) is 0.186. The van der Waals surface area contributed by atoms with Crippen molar-refractivity contribution in [3.63, 3.8) is 0 Å². The summed E-state index contributed by atoms with van der Waals surface area (Å²) in [5, 5.41) is 38.5. The molecule has 0 aromatic heterocycles. The predicted molar refractivity (Wildman–Crippen MR) is 109 cm³/mol. The Bertz CT molecular complexity index is 478. The Morgan fingerprint density at radius 2 is 1.50 bits per heavy atom. The Morgan fingerprint density at radius 1 is 0.964 bits per heavy atom. The van der Waals surface area contributed by atoms with E-state index in [1.165, 1.54) is 18.9 Å². The van der Waals surface area contributed by atoms with E-state index in [9.17, 15) is 24.9 Å². The molecule has 0 aromatic carbocycles. The van der Waals surface area contributed by atoms with Crippen molar-refractivity contribution in [2.75, 3.05) is 0 Å². The molecule has 7 nitrogen and oxygen atoms in total. The molecule has 0 spiro atoms. The molecule has 0 rings (SSSR count). The fourth-order valence-electron chi connectivity index (χ4n) is 2.83. The van der Waals surface area contributed by atoms with Crippen LogP contribution in [0.25, 0.3) is 0 Å². The number of aliphatic hydroxyl groups excluding tert-OH is 3. The first kappa shape index (κ1) is 26.7. The molecule has 0 amide bonds. The van der Waals surface area contributed by atoms with Gasteiger partial charge in [-0.15, -0.1) is 0 Å². The van der Waals surface area contributed by atoms with Crippen molar-refractivity contribution in [2.45, 2.75) is 108 Å². The van der Waals surface area contributed by atoms with Gasteiger partial charge in [-0.3, -0.25) is 9.59 Å². The van der Waals surface area contributed by atoms with Gasteiger partial charge in [-0.05, 0) is 32.6 Å². The first-order valence-electron chi connectivity index (χ1n) is 10.4. The van der Waals surface area contributed by atoms with Crippen LogP contribution in [0.15, 0.2) is 12.2 Å². The van der Waals surface area contributed by atoms with Gasteiger partial charge in [0.2, 0.25) is 0 Å². The van der Waals surface area contributed by atoms with Crippen LogP contribution in [0.2, 0.25) is 0 Å². The number of hydrogen-bond acceptors (Lipinski definition) is 6. The molecule has 164 valence electrons. The lowest BCUT2D eigenvalue weighted by atomic mass is 9.89. The van der Waals surface area contributed by atoms with Gasteiger partial charge in [0, 0.05) is 12.8 Å². The number of ketones is 1. The highest BCUT2D eigenvalue weighted by Crippen LogP contribution is 2.15. The lowest BCUT2D eigenvalue weighted by Crippen LogP contribution is -2.61. The number of carbonyl (C=O) groups is 2. The van der Waals surface area contributed by atoms with Gasteiger partial charge >= 0.3 is 5.97 Å². The average Bonchev–Trinajstić information content (AvgIpc) is 2.65. The van der Waals surface area contributed by atoms with Gasteiger partial charge in [0.05, 0.1) is 0 Å². The van der Waals surface area contributed by atoms with Crippen LogP contribution in [0.4, 0.5) is 0 Å². The minimum atomic E-state index is -2.05. The molecule has 28 heavy (non-hydrogen) atoms. The second-order valence-electron chi connectivity index (χ2n) is 7.74. The van der Waals surface area contributed by atoms with Crippen molar-refractivity contribution in [1.29, 1.82) is 0 Å². The van der Waals surface area contributed by atoms with Crippen LogP contribution in [-0.4, -0.2) is 56.0 Å². The molecule has 0 heterocycles. The Morgan fingerprint density at radius 3 is 2.04 bits per heavy atom. The second kappa shape index (κ2) is 14.7. The third-order valence-corrected chi connectivity index (χ3v) is 4.97. The normalized spacial score (nSPS) is 17.2. The van der Waals surface area contributed by atoms with Crippen LogP contribution in [0.5, 0.6) is 0 Å². The number of hydrogen-bond donors (Lipinski definition) is 5. The molecule has 0 fully saturated rings. The molecular weight excluding hydrogens is 362 g/mol. The summed E-state index contributed by atoms with van der Waals surface area (Å²) in [6.45, 7) is 3.23.